The number of hydrogen-bond acceptors (Lipinski definition) is 4. The SMILES string of the molecule is O=C(NCc1[nH]nc2ccc(Cl)cc12)c1cn2c(n1)CCC2c1ccc2ncc(Cl)cc2c1. The molecule has 1 aliphatic heterocycles. The van der Waals surface area contributed by atoms with Crippen molar-refractivity contribution in [3.63, 3.8) is 0 Å². The van der Waals surface area contributed by atoms with Crippen LogP contribution in [0.15, 0.2) is 54.9 Å². The minimum atomic E-state index is -0.227. The molecular weight excluding hydrogens is 459 g/mol. The largest absolute Gasteiger partial charge is 0.345 e. The van der Waals surface area contributed by atoms with Crippen LogP contribution in [0.25, 0.3) is 21.8 Å². The molecule has 0 saturated carbocycles. The summed E-state index contributed by atoms with van der Waals surface area (Å²) in [6, 6.07) is 13.7. The molecule has 9 heteroatoms. The topological polar surface area (TPSA) is 88.5 Å². The van der Waals surface area contributed by atoms with Gasteiger partial charge in [-0.15, -0.1) is 0 Å². The Balaban J connectivity index is 1.22. The molecule has 4 heterocycles. The van der Waals surface area contributed by atoms with Crippen LogP contribution in [0.4, 0.5) is 0 Å². The molecule has 2 aromatic carbocycles. The van der Waals surface area contributed by atoms with Crippen molar-refractivity contribution in [3.05, 3.63) is 87.7 Å². The summed E-state index contributed by atoms with van der Waals surface area (Å²) >= 11 is 12.2. The zero-order valence-corrected chi connectivity index (χ0v) is 18.9. The number of fused-ring (bicyclic) bond motifs is 3. The highest BCUT2D eigenvalue weighted by molar-refractivity contribution is 6.31. The van der Waals surface area contributed by atoms with E-state index in [2.05, 4.69) is 42.2 Å². The second-order valence-electron chi connectivity index (χ2n) is 8.16. The first-order valence-corrected chi connectivity index (χ1v) is 11.3. The van der Waals surface area contributed by atoms with E-state index in [1.54, 1.807) is 12.3 Å². The fourth-order valence-corrected chi connectivity index (χ4v) is 4.83. The highest BCUT2D eigenvalue weighted by Gasteiger charge is 2.27. The summed E-state index contributed by atoms with van der Waals surface area (Å²) in [4.78, 5) is 21.8. The van der Waals surface area contributed by atoms with Crippen molar-refractivity contribution in [2.45, 2.75) is 25.4 Å². The van der Waals surface area contributed by atoms with E-state index in [0.717, 1.165) is 51.7 Å². The van der Waals surface area contributed by atoms with E-state index in [-0.39, 0.29) is 11.9 Å². The molecule has 0 fully saturated rings. The van der Waals surface area contributed by atoms with Crippen LogP contribution in [0.5, 0.6) is 0 Å². The lowest BCUT2D eigenvalue weighted by atomic mass is 10.0. The molecule has 0 bridgehead atoms. The molecule has 6 rings (SSSR count). The number of nitrogens with zero attached hydrogens (tertiary/aromatic N) is 4. The molecule has 1 atom stereocenters. The van der Waals surface area contributed by atoms with Crippen molar-refractivity contribution in [1.29, 1.82) is 0 Å². The Morgan fingerprint density at radius 1 is 1.12 bits per heavy atom. The summed E-state index contributed by atoms with van der Waals surface area (Å²) < 4.78 is 2.10. The zero-order valence-electron chi connectivity index (χ0n) is 17.3. The van der Waals surface area contributed by atoms with Crippen LogP contribution in [0.1, 0.15) is 40.0 Å². The van der Waals surface area contributed by atoms with Crippen LogP contribution < -0.4 is 5.32 Å². The van der Waals surface area contributed by atoms with Crippen LogP contribution in [0, 0.1) is 0 Å². The average Bonchev–Trinajstić information content (AvgIpc) is 3.51. The number of aryl methyl sites for hydroxylation is 1. The fourth-order valence-electron chi connectivity index (χ4n) is 4.49. The van der Waals surface area contributed by atoms with Gasteiger partial charge in [0, 0.05) is 34.6 Å². The second kappa shape index (κ2) is 7.86. The first-order chi connectivity index (χ1) is 16.0. The number of rotatable bonds is 4. The number of imidazole rings is 1. The summed E-state index contributed by atoms with van der Waals surface area (Å²) in [7, 11) is 0. The Hall–Kier alpha value is -3.42. The van der Waals surface area contributed by atoms with E-state index < -0.39 is 0 Å². The first-order valence-electron chi connectivity index (χ1n) is 10.6. The van der Waals surface area contributed by atoms with Gasteiger partial charge in [-0.3, -0.25) is 14.9 Å². The predicted molar refractivity (Wildman–Crippen MR) is 128 cm³/mol. The third kappa shape index (κ3) is 3.63. The highest BCUT2D eigenvalue weighted by atomic mass is 35.5. The minimum Gasteiger partial charge on any atom is -0.345 e. The number of amides is 1. The van der Waals surface area contributed by atoms with Gasteiger partial charge in [-0.2, -0.15) is 5.10 Å². The normalized spacial score (nSPS) is 15.3. The number of carbonyl (C=O) groups is 1. The summed E-state index contributed by atoms with van der Waals surface area (Å²) in [6.07, 6.45) is 5.24. The van der Waals surface area contributed by atoms with E-state index in [4.69, 9.17) is 23.2 Å². The molecule has 3 aromatic heterocycles. The van der Waals surface area contributed by atoms with Crippen molar-refractivity contribution < 1.29 is 4.79 Å². The Labute approximate surface area is 198 Å². The van der Waals surface area contributed by atoms with E-state index in [0.29, 0.717) is 22.3 Å². The number of pyridine rings is 1. The van der Waals surface area contributed by atoms with Gasteiger partial charge in [0.15, 0.2) is 0 Å². The van der Waals surface area contributed by atoms with E-state index in [1.165, 1.54) is 0 Å². The molecule has 5 aromatic rings. The van der Waals surface area contributed by atoms with Crippen molar-refractivity contribution in [2.75, 3.05) is 0 Å². The van der Waals surface area contributed by atoms with E-state index in [1.807, 2.05) is 30.5 Å². The van der Waals surface area contributed by atoms with Crippen molar-refractivity contribution >= 4 is 50.9 Å². The fraction of sp³-hybridized carbons (Fsp3) is 0.167. The third-order valence-corrected chi connectivity index (χ3v) is 6.54. The van der Waals surface area contributed by atoms with Gasteiger partial charge in [0.05, 0.1) is 34.3 Å². The molecule has 0 saturated heterocycles. The lowest BCUT2D eigenvalue weighted by Crippen LogP contribution is -2.23. The summed E-state index contributed by atoms with van der Waals surface area (Å²) in [6.45, 7) is 0.305. The molecule has 7 nitrogen and oxygen atoms in total. The number of hydrogen-bond donors (Lipinski definition) is 2. The standard InChI is InChI=1S/C24H18Cl2N6O/c25-15-2-4-19-17(9-15)20(31-30-19)11-28-24(33)21-12-32-22(5-6-23(32)29-21)13-1-3-18-14(7-13)8-16(26)10-27-18/h1-4,7-10,12,22H,5-6,11H2,(H,28,33)(H,30,31). The van der Waals surface area contributed by atoms with Gasteiger partial charge in [0.1, 0.15) is 11.5 Å². The molecule has 33 heavy (non-hydrogen) atoms. The first kappa shape index (κ1) is 20.2. The van der Waals surface area contributed by atoms with Crippen LogP contribution in [0.3, 0.4) is 0 Å². The molecule has 2 N–H and O–H groups in total. The minimum absolute atomic E-state index is 0.121. The van der Waals surface area contributed by atoms with Crippen molar-refractivity contribution in [1.82, 2.24) is 30.0 Å². The predicted octanol–water partition coefficient (Wildman–Crippen LogP) is 5.08. The lowest BCUT2D eigenvalue weighted by molar-refractivity contribution is 0.0945. The zero-order chi connectivity index (χ0) is 22.5. The number of halogens is 2. The number of H-pyrrole nitrogens is 1. The molecule has 164 valence electrons. The average molecular weight is 477 g/mol. The Bertz CT molecular complexity index is 1540. The molecule has 0 spiro atoms. The quantitative estimate of drug-likeness (QED) is 0.378. The maximum absolute atomic E-state index is 12.8. The number of benzene rings is 2. The van der Waals surface area contributed by atoms with Crippen molar-refractivity contribution in [3.8, 4) is 0 Å². The summed E-state index contributed by atoms with van der Waals surface area (Å²) in [5.41, 5.74) is 4.06. The van der Waals surface area contributed by atoms with Crippen LogP contribution >= 0.6 is 23.2 Å². The summed E-state index contributed by atoms with van der Waals surface area (Å²) in [5, 5.41) is 13.3. The maximum Gasteiger partial charge on any atom is 0.271 e. The Morgan fingerprint density at radius 3 is 2.91 bits per heavy atom. The molecular formula is C24H18Cl2N6O. The molecule has 1 amide bonds. The lowest BCUT2D eigenvalue weighted by Gasteiger charge is -2.14. The van der Waals surface area contributed by atoms with E-state index >= 15 is 0 Å². The number of carbonyl (C=O) groups excluding carboxylic acids is 1. The van der Waals surface area contributed by atoms with Crippen LogP contribution in [-0.4, -0.2) is 30.6 Å². The van der Waals surface area contributed by atoms with Crippen LogP contribution in [-0.2, 0) is 13.0 Å². The molecule has 0 radical (unpaired) electrons. The van der Waals surface area contributed by atoms with Gasteiger partial charge in [-0.05, 0) is 48.4 Å². The van der Waals surface area contributed by atoms with E-state index in [9.17, 15) is 4.79 Å². The number of aromatic nitrogens is 5. The van der Waals surface area contributed by atoms with Gasteiger partial charge in [-0.25, -0.2) is 4.98 Å². The monoisotopic (exact) mass is 476 g/mol. The molecule has 0 aliphatic carbocycles. The van der Waals surface area contributed by atoms with Crippen molar-refractivity contribution in [2.24, 2.45) is 0 Å². The smallest absolute Gasteiger partial charge is 0.271 e. The van der Waals surface area contributed by atoms with Gasteiger partial charge >= 0.3 is 0 Å². The van der Waals surface area contributed by atoms with Gasteiger partial charge in [-0.1, -0.05) is 29.3 Å². The summed E-state index contributed by atoms with van der Waals surface area (Å²) in [5.74, 6) is 0.683. The Kier molecular flexibility index (Phi) is 4.81. The molecule has 1 unspecified atom stereocenters. The number of nitrogens with one attached hydrogen (secondary N) is 2. The van der Waals surface area contributed by atoms with Crippen LogP contribution in [0.2, 0.25) is 10.0 Å². The van der Waals surface area contributed by atoms with Gasteiger partial charge in [0.2, 0.25) is 0 Å². The van der Waals surface area contributed by atoms with Gasteiger partial charge < -0.3 is 9.88 Å². The second-order valence-corrected chi connectivity index (χ2v) is 9.03. The maximum atomic E-state index is 12.8. The van der Waals surface area contributed by atoms with Gasteiger partial charge in [0.25, 0.3) is 5.91 Å². The Morgan fingerprint density at radius 2 is 2.00 bits per heavy atom. The number of aromatic amines is 1. The molecule has 1 aliphatic rings. The third-order valence-electron chi connectivity index (χ3n) is 6.10. The highest BCUT2D eigenvalue weighted by Crippen LogP contribution is 2.33.